The molecule has 3 aromatic carbocycles. The molecule has 0 N–H and O–H groups in total. The molecule has 4 rings (SSSR count). The summed E-state index contributed by atoms with van der Waals surface area (Å²) in [4.78, 5) is 26.8. The molecule has 5 nitrogen and oxygen atoms in total. The van der Waals surface area contributed by atoms with Crippen molar-refractivity contribution < 1.29 is 19.1 Å². The van der Waals surface area contributed by atoms with E-state index in [1.54, 1.807) is 30.3 Å². The van der Waals surface area contributed by atoms with Crippen molar-refractivity contribution in [1.29, 1.82) is 0 Å². The number of ether oxygens (including phenoxy) is 2. The molecule has 1 aliphatic rings. The van der Waals surface area contributed by atoms with Crippen LogP contribution in [-0.2, 0) is 11.4 Å². The number of carbonyl (C=O) groups is 2. The minimum atomic E-state index is -0.317. The third-order valence-electron chi connectivity index (χ3n) is 5.38. The molecule has 0 atom stereocenters. The first-order valence-electron chi connectivity index (χ1n) is 10.9. The summed E-state index contributed by atoms with van der Waals surface area (Å²) in [5, 5.41) is 0.816. The molecule has 8 heteroatoms. The highest BCUT2D eigenvalue weighted by molar-refractivity contribution is 8.18. The predicted molar refractivity (Wildman–Crippen MR) is 141 cm³/mol. The Bertz CT molecular complexity index is 1290. The van der Waals surface area contributed by atoms with Gasteiger partial charge in [-0.2, -0.15) is 0 Å². The number of thioether (sulfide) groups is 1. The molecule has 35 heavy (non-hydrogen) atoms. The summed E-state index contributed by atoms with van der Waals surface area (Å²) in [6.07, 6.45) is 1.70. The summed E-state index contributed by atoms with van der Waals surface area (Å²) < 4.78 is 11.6. The molecule has 1 heterocycles. The summed E-state index contributed by atoms with van der Waals surface area (Å²) >= 11 is 13.0. The van der Waals surface area contributed by atoms with Gasteiger partial charge in [-0.15, -0.1) is 0 Å². The Hall–Kier alpha value is -2.93. The topological polar surface area (TPSA) is 55.8 Å². The molecule has 2 amide bonds. The lowest BCUT2D eigenvalue weighted by atomic mass is 10.1. The highest BCUT2D eigenvalue weighted by Gasteiger charge is 2.34. The SMILES string of the molecule is Cc1ccc(C)c(OCCN2C(=O)S/C(=C\c3ccc(OCc4ccc(Cl)cc4Cl)cc3)C2=O)c1. The van der Waals surface area contributed by atoms with Gasteiger partial charge in [-0.05, 0) is 78.7 Å². The van der Waals surface area contributed by atoms with Gasteiger partial charge < -0.3 is 9.47 Å². The summed E-state index contributed by atoms with van der Waals surface area (Å²) in [6.45, 7) is 4.68. The maximum absolute atomic E-state index is 12.8. The van der Waals surface area contributed by atoms with Crippen molar-refractivity contribution in [2.75, 3.05) is 13.2 Å². The van der Waals surface area contributed by atoms with E-state index in [1.165, 1.54) is 4.90 Å². The van der Waals surface area contributed by atoms with Gasteiger partial charge >= 0.3 is 0 Å². The quantitative estimate of drug-likeness (QED) is 0.287. The Labute approximate surface area is 218 Å². The molecule has 1 fully saturated rings. The molecular weight excluding hydrogens is 505 g/mol. The highest BCUT2D eigenvalue weighted by atomic mass is 35.5. The van der Waals surface area contributed by atoms with E-state index in [0.717, 1.165) is 39.8 Å². The first-order chi connectivity index (χ1) is 16.8. The van der Waals surface area contributed by atoms with Crippen molar-refractivity contribution in [2.24, 2.45) is 0 Å². The van der Waals surface area contributed by atoms with Crippen LogP contribution in [0, 0.1) is 13.8 Å². The Kier molecular flexibility index (Phi) is 8.06. The Morgan fingerprint density at radius 3 is 2.46 bits per heavy atom. The van der Waals surface area contributed by atoms with Crippen LogP contribution in [0.25, 0.3) is 6.08 Å². The van der Waals surface area contributed by atoms with E-state index < -0.39 is 0 Å². The first kappa shape index (κ1) is 25.2. The molecule has 0 bridgehead atoms. The fraction of sp³-hybridized carbons (Fsp3) is 0.185. The van der Waals surface area contributed by atoms with Crippen molar-refractivity contribution in [3.63, 3.8) is 0 Å². The lowest BCUT2D eigenvalue weighted by molar-refractivity contribution is -0.123. The van der Waals surface area contributed by atoms with Gasteiger partial charge in [0.05, 0.1) is 11.4 Å². The molecule has 0 aromatic heterocycles. The van der Waals surface area contributed by atoms with Crippen molar-refractivity contribution in [3.05, 3.63) is 97.9 Å². The van der Waals surface area contributed by atoms with E-state index in [4.69, 9.17) is 32.7 Å². The van der Waals surface area contributed by atoms with Gasteiger partial charge in [-0.1, -0.05) is 53.5 Å². The maximum Gasteiger partial charge on any atom is 0.293 e. The van der Waals surface area contributed by atoms with Crippen molar-refractivity contribution in [3.8, 4) is 11.5 Å². The number of rotatable bonds is 8. The smallest absolute Gasteiger partial charge is 0.293 e. The van der Waals surface area contributed by atoms with E-state index in [0.29, 0.717) is 27.3 Å². The van der Waals surface area contributed by atoms with Crippen LogP contribution in [-0.4, -0.2) is 29.2 Å². The van der Waals surface area contributed by atoms with Crippen LogP contribution in [0.4, 0.5) is 4.79 Å². The second-order valence-corrected chi connectivity index (χ2v) is 9.88. The number of imide groups is 1. The van der Waals surface area contributed by atoms with E-state index in [9.17, 15) is 9.59 Å². The Balaban J connectivity index is 1.34. The summed E-state index contributed by atoms with van der Waals surface area (Å²) in [5.41, 5.74) is 3.72. The minimum absolute atomic E-state index is 0.190. The zero-order valence-electron chi connectivity index (χ0n) is 19.2. The van der Waals surface area contributed by atoms with Crippen molar-refractivity contribution >= 4 is 52.2 Å². The van der Waals surface area contributed by atoms with Crippen LogP contribution in [0.5, 0.6) is 11.5 Å². The zero-order valence-corrected chi connectivity index (χ0v) is 21.5. The van der Waals surface area contributed by atoms with Gasteiger partial charge in [0.15, 0.2) is 0 Å². The largest absolute Gasteiger partial charge is 0.491 e. The van der Waals surface area contributed by atoms with E-state index >= 15 is 0 Å². The molecule has 1 saturated heterocycles. The van der Waals surface area contributed by atoms with Crippen LogP contribution < -0.4 is 9.47 Å². The number of nitrogens with zero attached hydrogens (tertiary/aromatic N) is 1. The van der Waals surface area contributed by atoms with E-state index in [-0.39, 0.29) is 24.3 Å². The zero-order chi connectivity index (χ0) is 24.9. The fourth-order valence-electron chi connectivity index (χ4n) is 3.41. The third kappa shape index (κ3) is 6.40. The first-order valence-corrected chi connectivity index (χ1v) is 12.5. The number of amides is 2. The van der Waals surface area contributed by atoms with Crippen LogP contribution in [0.3, 0.4) is 0 Å². The standard InChI is InChI=1S/C27H23Cl2NO4S/c1-17-3-4-18(2)24(13-17)33-12-11-30-26(31)25(35-27(30)32)14-19-5-9-22(10-6-19)34-16-20-7-8-21(28)15-23(20)29/h3-10,13-15H,11-12,16H2,1-2H3/b25-14-. The van der Waals surface area contributed by atoms with Crippen molar-refractivity contribution in [1.82, 2.24) is 4.90 Å². The van der Waals surface area contributed by atoms with Gasteiger partial charge in [-0.25, -0.2) is 0 Å². The summed E-state index contributed by atoms with van der Waals surface area (Å²) in [6, 6.07) is 18.5. The Morgan fingerprint density at radius 2 is 1.71 bits per heavy atom. The number of carbonyl (C=O) groups excluding carboxylic acids is 2. The molecular formula is C27H23Cl2NO4S. The summed E-state index contributed by atoms with van der Waals surface area (Å²) in [7, 11) is 0. The molecule has 0 saturated carbocycles. The molecule has 1 aliphatic heterocycles. The van der Waals surface area contributed by atoms with Gasteiger partial charge in [0.1, 0.15) is 24.7 Å². The van der Waals surface area contributed by atoms with Gasteiger partial charge in [0, 0.05) is 15.6 Å². The predicted octanol–water partition coefficient (Wildman–Crippen LogP) is 7.30. The van der Waals surface area contributed by atoms with Gasteiger partial charge in [-0.3, -0.25) is 14.5 Å². The summed E-state index contributed by atoms with van der Waals surface area (Å²) in [5.74, 6) is 1.10. The van der Waals surface area contributed by atoms with Gasteiger partial charge in [0.2, 0.25) is 0 Å². The normalized spacial score (nSPS) is 14.6. The van der Waals surface area contributed by atoms with Crippen LogP contribution in [0.2, 0.25) is 10.0 Å². The second kappa shape index (κ2) is 11.2. The minimum Gasteiger partial charge on any atom is -0.491 e. The maximum atomic E-state index is 12.8. The number of hydrogen-bond acceptors (Lipinski definition) is 5. The number of hydrogen-bond donors (Lipinski definition) is 0. The molecule has 3 aromatic rings. The van der Waals surface area contributed by atoms with Gasteiger partial charge in [0.25, 0.3) is 11.1 Å². The number of aryl methyl sites for hydroxylation is 2. The number of halogens is 2. The highest BCUT2D eigenvalue weighted by Crippen LogP contribution is 2.32. The van der Waals surface area contributed by atoms with E-state index in [1.807, 2.05) is 50.2 Å². The van der Waals surface area contributed by atoms with Crippen LogP contribution in [0.15, 0.2) is 65.6 Å². The molecule has 0 aliphatic carbocycles. The van der Waals surface area contributed by atoms with Crippen LogP contribution >= 0.6 is 35.0 Å². The average Bonchev–Trinajstić information content (AvgIpc) is 3.09. The van der Waals surface area contributed by atoms with Crippen LogP contribution in [0.1, 0.15) is 22.3 Å². The lowest BCUT2D eigenvalue weighted by Crippen LogP contribution is -2.32. The third-order valence-corrected chi connectivity index (χ3v) is 6.87. The fourth-order valence-corrected chi connectivity index (χ4v) is 4.74. The molecule has 0 spiro atoms. The van der Waals surface area contributed by atoms with Crippen molar-refractivity contribution in [2.45, 2.75) is 20.5 Å². The number of benzene rings is 3. The molecule has 0 radical (unpaired) electrons. The second-order valence-electron chi connectivity index (χ2n) is 8.04. The molecule has 180 valence electrons. The monoisotopic (exact) mass is 527 g/mol. The molecule has 0 unspecified atom stereocenters. The lowest BCUT2D eigenvalue weighted by Gasteiger charge is -2.14. The Morgan fingerprint density at radius 1 is 0.943 bits per heavy atom. The average molecular weight is 528 g/mol. The van der Waals surface area contributed by atoms with E-state index in [2.05, 4.69) is 0 Å².